The third kappa shape index (κ3) is 3.67. The van der Waals surface area contributed by atoms with Crippen molar-refractivity contribution in [3.05, 3.63) is 94.3 Å². The van der Waals surface area contributed by atoms with Gasteiger partial charge < -0.3 is 15.2 Å². The average Bonchev–Trinajstić information content (AvgIpc) is 2.67. The van der Waals surface area contributed by atoms with E-state index in [0.29, 0.717) is 0 Å². The molecule has 2 N–H and O–H groups in total. The molecule has 0 spiro atoms. The normalized spacial score (nSPS) is 16.6. The molecule has 0 saturated carbocycles. The van der Waals surface area contributed by atoms with E-state index in [0.717, 1.165) is 5.56 Å². The molecule has 1 unspecified atom stereocenters. The fourth-order valence-corrected chi connectivity index (χ4v) is 2.97. The summed E-state index contributed by atoms with van der Waals surface area (Å²) >= 11 is 0. The van der Waals surface area contributed by atoms with Crippen molar-refractivity contribution in [2.24, 2.45) is 5.73 Å². The number of hydrogen-bond donors (Lipinski definition) is 1. The van der Waals surface area contributed by atoms with Crippen molar-refractivity contribution in [1.29, 1.82) is 5.26 Å². The largest absolute Gasteiger partial charge is 0.457 e. The Morgan fingerprint density at radius 2 is 1.89 bits per heavy atom. The van der Waals surface area contributed by atoms with Gasteiger partial charge in [0.15, 0.2) is 0 Å². The first-order chi connectivity index (χ1) is 13.0. The molecule has 1 aliphatic rings. The Labute approximate surface area is 156 Å². The van der Waals surface area contributed by atoms with Crippen LogP contribution < -0.4 is 5.73 Å². The zero-order valence-electron chi connectivity index (χ0n) is 14.6. The fourth-order valence-electron chi connectivity index (χ4n) is 2.97. The number of carbonyl (C=O) groups is 1. The molecule has 0 saturated heterocycles. The molecular weight excluding hydrogens is 347 g/mol. The van der Waals surface area contributed by atoms with Gasteiger partial charge in [0.25, 0.3) is 0 Å². The Kier molecular flexibility index (Phi) is 5.23. The van der Waals surface area contributed by atoms with Crippen LogP contribution >= 0.6 is 0 Å². The molecule has 2 aromatic rings. The minimum atomic E-state index is -0.992. The lowest BCUT2D eigenvalue weighted by Gasteiger charge is -2.27. The van der Waals surface area contributed by atoms with Gasteiger partial charge in [0.2, 0.25) is 5.88 Å². The highest BCUT2D eigenvalue weighted by Crippen LogP contribution is 2.40. The number of nitrogens with two attached hydrogens (primary N) is 1. The van der Waals surface area contributed by atoms with E-state index in [1.807, 2.05) is 36.4 Å². The van der Waals surface area contributed by atoms with Crippen molar-refractivity contribution in [2.75, 3.05) is 0 Å². The second-order valence-electron chi connectivity index (χ2n) is 5.98. The lowest BCUT2D eigenvalue weighted by Crippen LogP contribution is -2.26. The second-order valence-corrected chi connectivity index (χ2v) is 5.98. The van der Waals surface area contributed by atoms with Crippen molar-refractivity contribution in [2.45, 2.75) is 19.4 Å². The topological polar surface area (TPSA) is 85.3 Å². The van der Waals surface area contributed by atoms with Gasteiger partial charge >= 0.3 is 5.97 Å². The summed E-state index contributed by atoms with van der Waals surface area (Å²) in [6.07, 6.45) is 0. The van der Waals surface area contributed by atoms with Gasteiger partial charge in [-0.05, 0) is 18.6 Å². The van der Waals surface area contributed by atoms with E-state index < -0.39 is 17.7 Å². The Morgan fingerprint density at radius 3 is 2.56 bits per heavy atom. The van der Waals surface area contributed by atoms with E-state index in [-0.39, 0.29) is 35.0 Å². The number of halogens is 1. The highest BCUT2D eigenvalue weighted by atomic mass is 19.1. The Hall–Kier alpha value is -3.59. The summed E-state index contributed by atoms with van der Waals surface area (Å²) in [5.41, 5.74) is 6.80. The first kappa shape index (κ1) is 18.2. The second kappa shape index (κ2) is 7.75. The maximum atomic E-state index is 14.4. The molecule has 0 radical (unpaired) electrons. The first-order valence-electron chi connectivity index (χ1n) is 8.26. The lowest BCUT2D eigenvalue weighted by molar-refractivity contribution is -0.140. The molecule has 0 amide bonds. The maximum absolute atomic E-state index is 14.4. The van der Waals surface area contributed by atoms with Crippen LogP contribution in [0.25, 0.3) is 0 Å². The van der Waals surface area contributed by atoms with Crippen LogP contribution in [-0.2, 0) is 20.9 Å². The SMILES string of the molecule is CC1=C(C(=O)OCc2ccccc2)C(c2ccccc2F)C(C#N)=C(N)O1. The van der Waals surface area contributed by atoms with Gasteiger partial charge in [-0.3, -0.25) is 0 Å². The number of benzene rings is 2. The van der Waals surface area contributed by atoms with E-state index in [1.54, 1.807) is 6.07 Å². The summed E-state index contributed by atoms with van der Waals surface area (Å²) in [6, 6.07) is 17.0. The zero-order valence-corrected chi connectivity index (χ0v) is 14.6. The van der Waals surface area contributed by atoms with Crippen molar-refractivity contribution < 1.29 is 18.7 Å². The van der Waals surface area contributed by atoms with Gasteiger partial charge in [-0.25, -0.2) is 9.18 Å². The van der Waals surface area contributed by atoms with Crippen LogP contribution in [0.5, 0.6) is 0 Å². The number of nitriles is 1. The monoisotopic (exact) mass is 364 g/mol. The van der Waals surface area contributed by atoms with E-state index in [2.05, 4.69) is 0 Å². The van der Waals surface area contributed by atoms with Crippen molar-refractivity contribution in [1.82, 2.24) is 0 Å². The smallest absolute Gasteiger partial charge is 0.338 e. The van der Waals surface area contributed by atoms with Gasteiger partial charge in [-0.2, -0.15) is 5.26 Å². The zero-order chi connectivity index (χ0) is 19.4. The molecule has 0 fully saturated rings. The summed E-state index contributed by atoms with van der Waals surface area (Å²) in [7, 11) is 0. The molecule has 5 nitrogen and oxygen atoms in total. The van der Waals surface area contributed by atoms with Crippen LogP contribution in [0.4, 0.5) is 4.39 Å². The number of carbonyl (C=O) groups excluding carboxylic acids is 1. The van der Waals surface area contributed by atoms with Crippen LogP contribution in [0, 0.1) is 17.1 Å². The number of allylic oxidation sites excluding steroid dienone is 2. The highest BCUT2D eigenvalue weighted by Gasteiger charge is 2.37. The summed E-state index contributed by atoms with van der Waals surface area (Å²) in [6.45, 7) is 1.58. The molecule has 0 aliphatic carbocycles. The molecular formula is C21H17FN2O3. The molecule has 1 aliphatic heterocycles. The van der Waals surface area contributed by atoms with Crippen molar-refractivity contribution in [3.8, 4) is 6.07 Å². The number of esters is 1. The molecule has 1 heterocycles. The Morgan fingerprint density at radius 1 is 1.22 bits per heavy atom. The molecule has 2 aromatic carbocycles. The number of hydrogen-bond acceptors (Lipinski definition) is 5. The number of ether oxygens (including phenoxy) is 2. The third-order valence-corrected chi connectivity index (χ3v) is 4.25. The predicted octanol–water partition coefficient (Wildman–Crippen LogP) is 3.65. The third-order valence-electron chi connectivity index (χ3n) is 4.25. The molecule has 6 heteroatoms. The van der Waals surface area contributed by atoms with Gasteiger partial charge in [0.1, 0.15) is 29.8 Å². The van der Waals surface area contributed by atoms with Crippen molar-refractivity contribution in [3.63, 3.8) is 0 Å². The molecule has 3 rings (SSSR count). The first-order valence-corrected chi connectivity index (χ1v) is 8.26. The minimum Gasteiger partial charge on any atom is -0.457 e. The molecule has 136 valence electrons. The van der Waals surface area contributed by atoms with Gasteiger partial charge in [0.05, 0.1) is 11.5 Å². The van der Waals surface area contributed by atoms with Crippen LogP contribution in [0.15, 0.2) is 77.4 Å². The van der Waals surface area contributed by atoms with Crippen LogP contribution in [0.3, 0.4) is 0 Å². The standard InChI is InChI=1S/C21H17FN2O3/c1-13-18(21(25)26-12-14-7-3-2-4-8-14)19(16(11-23)20(24)27-13)15-9-5-6-10-17(15)22/h2-10,19H,12,24H2,1H3. The molecule has 1 atom stereocenters. The van der Waals surface area contributed by atoms with Gasteiger partial charge in [-0.15, -0.1) is 0 Å². The summed E-state index contributed by atoms with van der Waals surface area (Å²) in [4.78, 5) is 12.8. The van der Waals surface area contributed by atoms with Gasteiger partial charge in [-0.1, -0.05) is 48.5 Å². The van der Waals surface area contributed by atoms with Crippen molar-refractivity contribution >= 4 is 5.97 Å². The average molecular weight is 364 g/mol. The highest BCUT2D eigenvalue weighted by molar-refractivity contribution is 5.92. The van der Waals surface area contributed by atoms with Crippen LogP contribution in [-0.4, -0.2) is 5.97 Å². The van der Waals surface area contributed by atoms with Crippen LogP contribution in [0.1, 0.15) is 24.0 Å². The molecule has 27 heavy (non-hydrogen) atoms. The lowest BCUT2D eigenvalue weighted by atomic mass is 9.83. The van der Waals surface area contributed by atoms with E-state index >= 15 is 0 Å². The van der Waals surface area contributed by atoms with Crippen LogP contribution in [0.2, 0.25) is 0 Å². The predicted molar refractivity (Wildman–Crippen MR) is 96.0 cm³/mol. The Bertz CT molecular complexity index is 974. The van der Waals surface area contributed by atoms with E-state index in [9.17, 15) is 14.4 Å². The minimum absolute atomic E-state index is 0.0302. The molecule has 0 aromatic heterocycles. The number of nitrogens with zero attached hydrogens (tertiary/aromatic N) is 1. The molecule has 0 bridgehead atoms. The fraction of sp³-hybridized carbons (Fsp3) is 0.143. The summed E-state index contributed by atoms with van der Waals surface area (Å²) < 4.78 is 25.2. The summed E-state index contributed by atoms with van der Waals surface area (Å²) in [5, 5.41) is 9.51. The number of rotatable bonds is 4. The van der Waals surface area contributed by atoms with Gasteiger partial charge in [0, 0.05) is 5.56 Å². The van der Waals surface area contributed by atoms with E-state index in [4.69, 9.17) is 15.2 Å². The van der Waals surface area contributed by atoms with E-state index in [1.165, 1.54) is 25.1 Å². The maximum Gasteiger partial charge on any atom is 0.338 e. The summed E-state index contributed by atoms with van der Waals surface area (Å²) in [5.74, 6) is -2.20. The quantitative estimate of drug-likeness (QED) is 0.837. The Balaban J connectivity index is 1.98.